The van der Waals surface area contributed by atoms with Crippen molar-refractivity contribution in [1.82, 2.24) is 5.32 Å². The second-order valence-corrected chi connectivity index (χ2v) is 6.74. The molecule has 1 fully saturated rings. The highest BCUT2D eigenvalue weighted by Crippen LogP contribution is 2.31. The number of rotatable bonds is 5. The molecule has 7 nitrogen and oxygen atoms in total. The number of hydrogen-bond donors (Lipinski definition) is 2. The largest absolute Gasteiger partial charge is 0.485 e. The van der Waals surface area contributed by atoms with E-state index in [1.165, 1.54) is 0 Å². The smallest absolute Gasteiger partial charge is 0.269 e. The van der Waals surface area contributed by atoms with E-state index in [1.54, 1.807) is 36.4 Å². The lowest BCUT2D eigenvalue weighted by atomic mass is 10.1. The van der Waals surface area contributed by atoms with Crippen LogP contribution in [-0.2, 0) is 9.53 Å². The number of ether oxygens (including phenoxy) is 3. The average molecular weight is 382 g/mol. The molecule has 0 radical (unpaired) electrons. The van der Waals surface area contributed by atoms with Crippen LogP contribution in [0.1, 0.15) is 23.2 Å². The van der Waals surface area contributed by atoms with Crippen molar-refractivity contribution in [3.8, 4) is 11.5 Å². The second-order valence-electron chi connectivity index (χ2n) is 6.74. The van der Waals surface area contributed by atoms with E-state index >= 15 is 0 Å². The number of para-hydroxylation sites is 3. The van der Waals surface area contributed by atoms with E-state index in [0.717, 1.165) is 19.4 Å². The molecular weight excluding hydrogens is 360 g/mol. The molecular formula is C21H22N2O5. The Morgan fingerprint density at radius 2 is 1.82 bits per heavy atom. The molecule has 2 aromatic rings. The van der Waals surface area contributed by atoms with Crippen LogP contribution in [0.3, 0.4) is 0 Å². The molecule has 2 N–H and O–H groups in total. The van der Waals surface area contributed by atoms with Crippen molar-refractivity contribution >= 4 is 17.5 Å². The lowest BCUT2D eigenvalue weighted by Gasteiger charge is -2.25. The molecule has 2 atom stereocenters. The molecule has 2 aliphatic heterocycles. The second kappa shape index (κ2) is 8.31. The Labute approximate surface area is 163 Å². The van der Waals surface area contributed by atoms with Crippen LogP contribution in [-0.4, -0.2) is 43.8 Å². The standard InChI is InChI=1S/C21H22N2O5/c24-20(22-12-14-6-5-11-26-14)15-7-1-2-8-16(15)23-21(25)19-13-27-17-9-3-4-10-18(17)28-19/h1-4,7-10,14,19H,5-6,11-13H2,(H,22,24)(H,23,25)/t14-,19+/m1/s1. The first-order valence-corrected chi connectivity index (χ1v) is 9.39. The maximum atomic E-state index is 12.7. The fourth-order valence-corrected chi connectivity index (χ4v) is 3.26. The minimum absolute atomic E-state index is 0.0542. The Kier molecular flexibility index (Phi) is 5.43. The van der Waals surface area contributed by atoms with Gasteiger partial charge >= 0.3 is 0 Å². The van der Waals surface area contributed by atoms with Gasteiger partial charge in [0.1, 0.15) is 6.61 Å². The number of amides is 2. The summed E-state index contributed by atoms with van der Waals surface area (Å²) < 4.78 is 16.8. The Hall–Kier alpha value is -3.06. The monoisotopic (exact) mass is 382 g/mol. The van der Waals surface area contributed by atoms with Gasteiger partial charge in [0.05, 0.1) is 17.4 Å². The summed E-state index contributed by atoms with van der Waals surface area (Å²) >= 11 is 0. The number of hydrogen-bond acceptors (Lipinski definition) is 5. The zero-order valence-corrected chi connectivity index (χ0v) is 15.4. The highest BCUT2D eigenvalue weighted by molar-refractivity contribution is 6.04. The normalized spacial score (nSPS) is 20.4. The first kappa shape index (κ1) is 18.3. The van der Waals surface area contributed by atoms with Gasteiger partial charge in [0.2, 0.25) is 6.10 Å². The zero-order chi connectivity index (χ0) is 19.3. The number of carbonyl (C=O) groups excluding carboxylic acids is 2. The van der Waals surface area contributed by atoms with E-state index in [1.807, 2.05) is 12.1 Å². The quantitative estimate of drug-likeness (QED) is 0.829. The van der Waals surface area contributed by atoms with Crippen LogP contribution in [0.5, 0.6) is 11.5 Å². The molecule has 7 heteroatoms. The molecule has 2 aliphatic rings. The number of fused-ring (bicyclic) bond motifs is 1. The summed E-state index contributed by atoms with van der Waals surface area (Å²) in [4.78, 5) is 25.2. The molecule has 0 spiro atoms. The van der Waals surface area contributed by atoms with Crippen molar-refractivity contribution in [3.05, 3.63) is 54.1 Å². The highest BCUT2D eigenvalue weighted by Gasteiger charge is 2.28. The topological polar surface area (TPSA) is 85.9 Å². The lowest BCUT2D eigenvalue weighted by Crippen LogP contribution is -2.40. The van der Waals surface area contributed by atoms with Crippen LogP contribution in [0.2, 0.25) is 0 Å². The summed E-state index contributed by atoms with van der Waals surface area (Å²) in [6, 6.07) is 14.1. The molecule has 2 aromatic carbocycles. The van der Waals surface area contributed by atoms with Crippen LogP contribution < -0.4 is 20.1 Å². The molecule has 0 unspecified atom stereocenters. The van der Waals surface area contributed by atoms with Crippen molar-refractivity contribution in [1.29, 1.82) is 0 Å². The maximum Gasteiger partial charge on any atom is 0.269 e. The molecule has 0 aliphatic carbocycles. The van der Waals surface area contributed by atoms with Gasteiger partial charge < -0.3 is 24.8 Å². The van der Waals surface area contributed by atoms with Gasteiger partial charge in [0.15, 0.2) is 11.5 Å². The van der Waals surface area contributed by atoms with Gasteiger partial charge in [0.25, 0.3) is 11.8 Å². The third-order valence-electron chi connectivity index (χ3n) is 4.74. The minimum atomic E-state index is -0.794. The molecule has 4 rings (SSSR count). The summed E-state index contributed by atoms with van der Waals surface area (Å²) in [5, 5.41) is 5.66. The number of benzene rings is 2. The van der Waals surface area contributed by atoms with Crippen LogP contribution in [0.4, 0.5) is 5.69 Å². The minimum Gasteiger partial charge on any atom is -0.485 e. The van der Waals surface area contributed by atoms with E-state index in [2.05, 4.69) is 10.6 Å². The van der Waals surface area contributed by atoms with E-state index in [9.17, 15) is 9.59 Å². The Morgan fingerprint density at radius 3 is 2.64 bits per heavy atom. The number of carbonyl (C=O) groups is 2. The number of anilines is 1. The first-order chi connectivity index (χ1) is 13.7. The third kappa shape index (κ3) is 4.09. The summed E-state index contributed by atoms with van der Waals surface area (Å²) in [6.07, 6.45) is 1.22. The SMILES string of the molecule is O=C(NC[C@H]1CCCO1)c1ccccc1NC(=O)[C@@H]1COc2ccccc2O1. The fourth-order valence-electron chi connectivity index (χ4n) is 3.26. The predicted molar refractivity (Wildman–Crippen MR) is 103 cm³/mol. The molecule has 1 saturated heterocycles. The Balaban J connectivity index is 1.40. The predicted octanol–water partition coefficient (Wildman–Crippen LogP) is 2.37. The molecule has 0 saturated carbocycles. The summed E-state index contributed by atoms with van der Waals surface area (Å²) in [5.74, 6) is 0.517. The lowest BCUT2D eigenvalue weighted by molar-refractivity contribution is -0.125. The van der Waals surface area contributed by atoms with Crippen molar-refractivity contribution in [2.24, 2.45) is 0 Å². The van der Waals surface area contributed by atoms with Gasteiger partial charge in [-0.1, -0.05) is 24.3 Å². The molecule has 0 bridgehead atoms. The van der Waals surface area contributed by atoms with Crippen molar-refractivity contribution in [2.45, 2.75) is 25.0 Å². The zero-order valence-electron chi connectivity index (χ0n) is 15.4. The van der Waals surface area contributed by atoms with E-state index < -0.39 is 6.10 Å². The summed E-state index contributed by atoms with van der Waals surface area (Å²) in [6.45, 7) is 1.30. The van der Waals surface area contributed by atoms with Gasteiger partial charge in [-0.3, -0.25) is 9.59 Å². The summed E-state index contributed by atoms with van der Waals surface area (Å²) in [7, 11) is 0. The van der Waals surface area contributed by atoms with Gasteiger partial charge in [-0.2, -0.15) is 0 Å². The van der Waals surface area contributed by atoms with Crippen LogP contribution in [0, 0.1) is 0 Å². The first-order valence-electron chi connectivity index (χ1n) is 9.39. The van der Waals surface area contributed by atoms with Gasteiger partial charge in [-0.15, -0.1) is 0 Å². The molecule has 146 valence electrons. The third-order valence-corrected chi connectivity index (χ3v) is 4.74. The number of nitrogens with one attached hydrogen (secondary N) is 2. The van der Waals surface area contributed by atoms with Gasteiger partial charge in [0, 0.05) is 13.2 Å². The fraction of sp³-hybridized carbons (Fsp3) is 0.333. The maximum absolute atomic E-state index is 12.7. The van der Waals surface area contributed by atoms with Crippen molar-refractivity contribution in [2.75, 3.05) is 25.1 Å². The van der Waals surface area contributed by atoms with Crippen LogP contribution in [0.25, 0.3) is 0 Å². The highest BCUT2D eigenvalue weighted by atomic mass is 16.6. The van der Waals surface area contributed by atoms with E-state index in [4.69, 9.17) is 14.2 Å². The van der Waals surface area contributed by atoms with Crippen molar-refractivity contribution in [3.63, 3.8) is 0 Å². The van der Waals surface area contributed by atoms with E-state index in [-0.39, 0.29) is 24.5 Å². The van der Waals surface area contributed by atoms with Gasteiger partial charge in [-0.05, 0) is 37.1 Å². The van der Waals surface area contributed by atoms with Gasteiger partial charge in [-0.25, -0.2) is 0 Å². The van der Waals surface area contributed by atoms with Crippen molar-refractivity contribution < 1.29 is 23.8 Å². The molecule has 0 aromatic heterocycles. The molecule has 2 heterocycles. The summed E-state index contributed by atoms with van der Waals surface area (Å²) in [5.41, 5.74) is 0.825. The van der Waals surface area contributed by atoms with Crippen LogP contribution in [0.15, 0.2) is 48.5 Å². The molecule has 28 heavy (non-hydrogen) atoms. The Morgan fingerprint density at radius 1 is 1.04 bits per heavy atom. The Bertz CT molecular complexity index is 863. The van der Waals surface area contributed by atoms with Crippen LogP contribution >= 0.6 is 0 Å². The molecule has 2 amide bonds. The van der Waals surface area contributed by atoms with E-state index in [0.29, 0.717) is 29.3 Å². The average Bonchev–Trinajstić information content (AvgIpc) is 3.25.